The summed E-state index contributed by atoms with van der Waals surface area (Å²) in [4.78, 5) is 3.24. The molecule has 0 saturated carbocycles. The summed E-state index contributed by atoms with van der Waals surface area (Å²) >= 11 is 5.96. The van der Waals surface area contributed by atoms with E-state index in [1.165, 1.54) is 17.4 Å². The zero-order valence-electron chi connectivity index (χ0n) is 11.3. The van der Waals surface area contributed by atoms with E-state index < -0.39 is 0 Å². The first-order valence-electron chi connectivity index (χ1n) is 6.85. The van der Waals surface area contributed by atoms with Crippen molar-refractivity contribution in [2.24, 2.45) is 0 Å². The maximum Gasteiger partial charge on any atom is 0.0591 e. The van der Waals surface area contributed by atoms with Gasteiger partial charge in [0.25, 0.3) is 0 Å². The minimum atomic E-state index is 0.762. The van der Waals surface area contributed by atoms with Gasteiger partial charge in [0, 0.05) is 41.8 Å². The van der Waals surface area contributed by atoms with Crippen molar-refractivity contribution in [2.75, 3.05) is 19.8 Å². The Hall–Kier alpha value is -1.03. The highest BCUT2D eigenvalue weighted by molar-refractivity contribution is 6.31. The molecule has 2 aromatic rings. The van der Waals surface area contributed by atoms with Gasteiger partial charge in [0.1, 0.15) is 0 Å². The van der Waals surface area contributed by atoms with Crippen LogP contribution in [-0.4, -0.2) is 24.7 Å². The van der Waals surface area contributed by atoms with Gasteiger partial charge in [0.15, 0.2) is 0 Å². The number of aromatic amines is 1. The summed E-state index contributed by atoms with van der Waals surface area (Å²) in [6, 6.07) is 5.94. The van der Waals surface area contributed by atoms with Gasteiger partial charge in [0.05, 0.1) is 6.61 Å². The van der Waals surface area contributed by atoms with Gasteiger partial charge in [0.2, 0.25) is 0 Å². The Morgan fingerprint density at radius 1 is 1.32 bits per heavy atom. The number of H-pyrrole nitrogens is 1. The van der Waals surface area contributed by atoms with Crippen LogP contribution in [0.4, 0.5) is 0 Å². The molecule has 0 spiro atoms. The molecule has 1 aromatic carbocycles. The van der Waals surface area contributed by atoms with E-state index in [1.807, 2.05) is 18.3 Å². The zero-order valence-corrected chi connectivity index (χ0v) is 12.1. The van der Waals surface area contributed by atoms with Crippen molar-refractivity contribution in [3.05, 3.63) is 35.0 Å². The van der Waals surface area contributed by atoms with E-state index in [1.54, 1.807) is 0 Å². The van der Waals surface area contributed by atoms with Crippen molar-refractivity contribution in [1.82, 2.24) is 10.3 Å². The monoisotopic (exact) mass is 280 g/mol. The lowest BCUT2D eigenvalue weighted by molar-refractivity contribution is 0.133. The van der Waals surface area contributed by atoms with Crippen LogP contribution in [0.25, 0.3) is 10.9 Å². The molecule has 0 aliphatic carbocycles. The third-order valence-electron chi connectivity index (χ3n) is 3.11. The van der Waals surface area contributed by atoms with E-state index >= 15 is 0 Å². The molecule has 104 valence electrons. The molecular formula is C15H21ClN2O. The molecule has 3 nitrogen and oxygen atoms in total. The number of nitrogens with one attached hydrogen (secondary N) is 2. The minimum absolute atomic E-state index is 0.762. The fraction of sp³-hybridized carbons (Fsp3) is 0.467. The molecule has 0 saturated heterocycles. The second-order valence-corrected chi connectivity index (χ2v) is 5.08. The fourth-order valence-electron chi connectivity index (χ4n) is 2.02. The van der Waals surface area contributed by atoms with Gasteiger partial charge < -0.3 is 15.0 Å². The maximum atomic E-state index is 5.96. The maximum absolute atomic E-state index is 5.96. The first-order chi connectivity index (χ1) is 9.31. The van der Waals surface area contributed by atoms with Crippen LogP contribution in [0.3, 0.4) is 0 Å². The molecule has 0 unspecified atom stereocenters. The summed E-state index contributed by atoms with van der Waals surface area (Å²) in [5, 5.41) is 5.38. The van der Waals surface area contributed by atoms with Crippen LogP contribution < -0.4 is 5.32 Å². The number of ether oxygens (including phenoxy) is 1. The van der Waals surface area contributed by atoms with Crippen molar-refractivity contribution >= 4 is 22.5 Å². The number of aromatic nitrogens is 1. The zero-order chi connectivity index (χ0) is 13.5. The Morgan fingerprint density at radius 2 is 2.21 bits per heavy atom. The third kappa shape index (κ3) is 4.23. The molecule has 0 atom stereocenters. The molecule has 1 heterocycles. The van der Waals surface area contributed by atoms with Crippen LogP contribution in [0, 0.1) is 0 Å². The standard InChI is InChI=1S/C15H21ClN2O/c1-2-3-7-19-8-6-17-10-12-11-18-15-9-13(16)4-5-14(12)15/h4-5,9,11,17-18H,2-3,6-8,10H2,1H3. The summed E-state index contributed by atoms with van der Waals surface area (Å²) < 4.78 is 5.51. The van der Waals surface area contributed by atoms with Crippen LogP contribution in [-0.2, 0) is 11.3 Å². The molecule has 0 radical (unpaired) electrons. The normalized spacial score (nSPS) is 11.3. The Morgan fingerprint density at radius 3 is 3.05 bits per heavy atom. The highest BCUT2D eigenvalue weighted by atomic mass is 35.5. The minimum Gasteiger partial charge on any atom is -0.380 e. The molecule has 0 fully saturated rings. The topological polar surface area (TPSA) is 37.0 Å². The van der Waals surface area contributed by atoms with Gasteiger partial charge in [-0.25, -0.2) is 0 Å². The number of benzene rings is 1. The molecule has 4 heteroatoms. The van der Waals surface area contributed by atoms with Gasteiger partial charge in [-0.15, -0.1) is 0 Å². The average molecular weight is 281 g/mol. The Labute approximate surface area is 119 Å². The SMILES string of the molecule is CCCCOCCNCc1c[nH]c2cc(Cl)ccc12. The summed E-state index contributed by atoms with van der Waals surface area (Å²) in [6.45, 7) is 5.53. The van der Waals surface area contributed by atoms with E-state index in [0.29, 0.717) is 0 Å². The van der Waals surface area contributed by atoms with Gasteiger partial charge in [-0.1, -0.05) is 31.0 Å². The lowest BCUT2D eigenvalue weighted by Gasteiger charge is -2.05. The molecule has 2 N–H and O–H groups in total. The van der Waals surface area contributed by atoms with Crippen LogP contribution in [0.15, 0.2) is 24.4 Å². The van der Waals surface area contributed by atoms with Gasteiger partial charge >= 0.3 is 0 Å². The number of fused-ring (bicyclic) bond motifs is 1. The van der Waals surface area contributed by atoms with Gasteiger partial charge in [-0.05, 0) is 24.1 Å². The van der Waals surface area contributed by atoms with Gasteiger partial charge in [-0.2, -0.15) is 0 Å². The van der Waals surface area contributed by atoms with Crippen molar-refractivity contribution in [3.8, 4) is 0 Å². The van der Waals surface area contributed by atoms with E-state index in [4.69, 9.17) is 16.3 Å². The smallest absolute Gasteiger partial charge is 0.0591 e. The molecule has 2 rings (SSSR count). The summed E-state index contributed by atoms with van der Waals surface area (Å²) in [5.74, 6) is 0. The van der Waals surface area contributed by atoms with E-state index in [2.05, 4.69) is 23.3 Å². The van der Waals surface area contributed by atoms with E-state index in [0.717, 1.165) is 43.3 Å². The average Bonchev–Trinajstić information content (AvgIpc) is 2.80. The largest absolute Gasteiger partial charge is 0.380 e. The fourth-order valence-corrected chi connectivity index (χ4v) is 2.19. The summed E-state index contributed by atoms with van der Waals surface area (Å²) in [7, 11) is 0. The lowest BCUT2D eigenvalue weighted by Crippen LogP contribution is -2.19. The quantitative estimate of drug-likeness (QED) is 0.723. The molecule has 19 heavy (non-hydrogen) atoms. The first kappa shape index (κ1) is 14.4. The van der Waals surface area contributed by atoms with Crippen molar-refractivity contribution in [3.63, 3.8) is 0 Å². The Balaban J connectivity index is 1.76. The third-order valence-corrected chi connectivity index (χ3v) is 3.35. The number of hydrogen-bond acceptors (Lipinski definition) is 2. The van der Waals surface area contributed by atoms with E-state index in [9.17, 15) is 0 Å². The number of rotatable bonds is 8. The summed E-state index contributed by atoms with van der Waals surface area (Å²) in [6.07, 6.45) is 4.36. The van der Waals surface area contributed by atoms with E-state index in [-0.39, 0.29) is 0 Å². The second-order valence-electron chi connectivity index (χ2n) is 4.65. The van der Waals surface area contributed by atoms with Crippen molar-refractivity contribution < 1.29 is 4.74 Å². The highest BCUT2D eigenvalue weighted by Gasteiger charge is 2.03. The van der Waals surface area contributed by atoms with Crippen LogP contribution in [0.2, 0.25) is 5.02 Å². The van der Waals surface area contributed by atoms with Crippen LogP contribution >= 0.6 is 11.6 Å². The Bertz CT molecular complexity index is 510. The molecule has 0 aliphatic rings. The first-order valence-corrected chi connectivity index (χ1v) is 7.23. The molecule has 1 aromatic heterocycles. The predicted molar refractivity (Wildman–Crippen MR) is 80.7 cm³/mol. The number of hydrogen-bond donors (Lipinski definition) is 2. The number of halogens is 1. The van der Waals surface area contributed by atoms with Crippen molar-refractivity contribution in [1.29, 1.82) is 0 Å². The lowest BCUT2D eigenvalue weighted by atomic mass is 10.2. The highest BCUT2D eigenvalue weighted by Crippen LogP contribution is 2.21. The van der Waals surface area contributed by atoms with Crippen molar-refractivity contribution in [2.45, 2.75) is 26.3 Å². The summed E-state index contributed by atoms with van der Waals surface area (Å²) in [5.41, 5.74) is 2.35. The molecule has 0 aliphatic heterocycles. The molecule has 0 bridgehead atoms. The predicted octanol–water partition coefficient (Wildman–Crippen LogP) is 3.73. The Kier molecular flexibility index (Phi) is 5.70. The molecule has 0 amide bonds. The van der Waals surface area contributed by atoms with Gasteiger partial charge in [-0.3, -0.25) is 0 Å². The second kappa shape index (κ2) is 7.53. The van der Waals surface area contributed by atoms with Crippen LogP contribution in [0.5, 0.6) is 0 Å². The molecular weight excluding hydrogens is 260 g/mol. The number of unbranched alkanes of at least 4 members (excludes halogenated alkanes) is 1. The van der Waals surface area contributed by atoms with Crippen LogP contribution in [0.1, 0.15) is 25.3 Å².